The fourth-order valence-corrected chi connectivity index (χ4v) is 7.09. The highest BCUT2D eigenvalue weighted by Crippen LogP contribution is 2.29. The zero-order valence-electron chi connectivity index (χ0n) is 26.0. The molecule has 1 aromatic carbocycles. The van der Waals surface area contributed by atoms with Gasteiger partial charge in [-0.05, 0) is 79.8 Å². The van der Waals surface area contributed by atoms with Gasteiger partial charge in [0.2, 0.25) is 5.91 Å². The number of hydrogen-bond donors (Lipinski definition) is 1. The minimum absolute atomic E-state index is 0.00402. The Morgan fingerprint density at radius 3 is 2.49 bits per heavy atom. The second kappa shape index (κ2) is 14.3. The van der Waals surface area contributed by atoms with E-state index >= 15 is 0 Å². The Kier molecular flexibility index (Phi) is 10.3. The molecule has 1 N–H and O–H groups in total. The largest absolute Gasteiger partial charge is 0.356 e. The van der Waals surface area contributed by atoms with Gasteiger partial charge in [0, 0.05) is 60.6 Å². The Hall–Kier alpha value is -3.52. The Labute approximate surface area is 259 Å². The molecule has 0 bridgehead atoms. The van der Waals surface area contributed by atoms with E-state index in [9.17, 15) is 9.59 Å². The van der Waals surface area contributed by atoms with Crippen molar-refractivity contribution < 1.29 is 9.59 Å². The van der Waals surface area contributed by atoms with Gasteiger partial charge < -0.3 is 14.8 Å². The van der Waals surface area contributed by atoms with Crippen LogP contribution in [0.4, 0.5) is 5.82 Å². The molecule has 4 heterocycles. The Morgan fingerprint density at radius 1 is 1.05 bits per heavy atom. The molecule has 0 saturated carbocycles. The van der Waals surface area contributed by atoms with Crippen molar-refractivity contribution in [3.63, 3.8) is 0 Å². The molecule has 4 aromatic rings. The average Bonchev–Trinajstić information content (AvgIpc) is 3.66. The van der Waals surface area contributed by atoms with Crippen LogP contribution >= 0.6 is 11.3 Å². The molecule has 228 valence electrons. The van der Waals surface area contributed by atoms with Gasteiger partial charge in [-0.1, -0.05) is 39.8 Å². The van der Waals surface area contributed by atoms with Crippen LogP contribution in [0, 0.1) is 11.8 Å². The van der Waals surface area contributed by atoms with E-state index in [2.05, 4.69) is 71.0 Å². The summed E-state index contributed by atoms with van der Waals surface area (Å²) in [4.78, 5) is 40.2. The van der Waals surface area contributed by atoms with Crippen molar-refractivity contribution >= 4 is 39.9 Å². The summed E-state index contributed by atoms with van der Waals surface area (Å²) in [6.45, 7) is 10.4. The molecule has 0 unspecified atom stereocenters. The molecular formula is C35H45N5O2S. The molecule has 0 radical (unpaired) electrons. The summed E-state index contributed by atoms with van der Waals surface area (Å²) in [6, 6.07) is 16.6. The SMILES string of the molecule is CCC(CC)n1c(Cc2cccs2)nc2cc(C(=O)C[C@@H](CC(C)C)C(=O)NC3CCN(c4ccccn4)CC3)ccc21. The molecule has 0 aliphatic carbocycles. The standard InChI is InChI=1S/C35H45N5O2S/c1-5-28(6-2)40-31-13-12-25(21-30(31)38-34(40)23-29-10-9-19-43-29)32(41)22-26(20-24(3)4)35(42)37-27-14-17-39(18-15-27)33-11-7-8-16-36-33/h7-13,16,19,21,24,26-28H,5-6,14-15,17-18,20,22-23H2,1-4H3,(H,37,42)/t26-/m1/s1. The predicted octanol–water partition coefficient (Wildman–Crippen LogP) is 7.47. The predicted molar refractivity (Wildman–Crippen MR) is 176 cm³/mol. The van der Waals surface area contributed by atoms with Crippen molar-refractivity contribution in [2.24, 2.45) is 11.8 Å². The van der Waals surface area contributed by atoms with E-state index in [0.29, 0.717) is 23.9 Å². The first kappa shape index (κ1) is 30.9. The topological polar surface area (TPSA) is 80.1 Å². The van der Waals surface area contributed by atoms with Gasteiger partial charge >= 0.3 is 0 Å². The molecule has 8 heteroatoms. The molecule has 0 spiro atoms. The molecule has 3 aromatic heterocycles. The number of imidazole rings is 1. The molecule has 1 aliphatic rings. The third-order valence-electron chi connectivity index (χ3n) is 8.68. The second-order valence-corrected chi connectivity index (χ2v) is 13.3. The van der Waals surface area contributed by atoms with E-state index in [1.54, 1.807) is 11.3 Å². The summed E-state index contributed by atoms with van der Waals surface area (Å²) in [6.07, 6.45) is 7.27. The van der Waals surface area contributed by atoms with Crippen molar-refractivity contribution in [3.8, 4) is 0 Å². The van der Waals surface area contributed by atoms with Crippen LogP contribution in [-0.2, 0) is 11.2 Å². The highest BCUT2D eigenvalue weighted by molar-refractivity contribution is 7.09. The molecule has 1 atom stereocenters. The maximum atomic E-state index is 13.6. The summed E-state index contributed by atoms with van der Waals surface area (Å²) >= 11 is 1.75. The number of hydrogen-bond acceptors (Lipinski definition) is 6. The Bertz CT molecular complexity index is 1490. The van der Waals surface area contributed by atoms with E-state index in [4.69, 9.17) is 4.98 Å². The van der Waals surface area contributed by atoms with E-state index in [0.717, 1.165) is 67.9 Å². The van der Waals surface area contributed by atoms with Crippen molar-refractivity contribution in [1.29, 1.82) is 0 Å². The number of carbonyl (C=O) groups is 2. The summed E-state index contributed by atoms with van der Waals surface area (Å²) in [5.74, 6) is 1.99. The van der Waals surface area contributed by atoms with Gasteiger partial charge in [-0.15, -0.1) is 11.3 Å². The van der Waals surface area contributed by atoms with Crippen LogP contribution < -0.4 is 10.2 Å². The lowest BCUT2D eigenvalue weighted by molar-refractivity contribution is -0.126. The number of fused-ring (bicyclic) bond motifs is 1. The smallest absolute Gasteiger partial charge is 0.223 e. The molecule has 1 amide bonds. The number of piperidine rings is 1. The van der Waals surface area contributed by atoms with Gasteiger partial charge in [-0.2, -0.15) is 0 Å². The number of Topliss-reactive ketones (excluding diaryl/α,β-unsaturated/α-hetero) is 1. The summed E-state index contributed by atoms with van der Waals surface area (Å²) in [7, 11) is 0. The van der Waals surface area contributed by atoms with E-state index in [1.807, 2.05) is 36.5 Å². The van der Waals surface area contributed by atoms with Crippen LogP contribution in [0.3, 0.4) is 0 Å². The van der Waals surface area contributed by atoms with Crippen molar-refractivity contribution in [2.45, 2.75) is 84.7 Å². The average molecular weight is 600 g/mol. The van der Waals surface area contributed by atoms with Crippen LogP contribution in [0.25, 0.3) is 11.0 Å². The van der Waals surface area contributed by atoms with E-state index in [1.165, 1.54) is 4.88 Å². The number of nitrogens with zero attached hydrogens (tertiary/aromatic N) is 4. The third-order valence-corrected chi connectivity index (χ3v) is 9.55. The van der Waals surface area contributed by atoms with Crippen LogP contribution in [0.15, 0.2) is 60.1 Å². The molecule has 1 saturated heterocycles. The van der Waals surface area contributed by atoms with Crippen LogP contribution in [0.2, 0.25) is 0 Å². The highest BCUT2D eigenvalue weighted by Gasteiger charge is 2.28. The lowest BCUT2D eigenvalue weighted by atomic mass is 9.89. The summed E-state index contributed by atoms with van der Waals surface area (Å²) < 4.78 is 2.37. The van der Waals surface area contributed by atoms with Crippen LogP contribution in [0.5, 0.6) is 0 Å². The van der Waals surface area contributed by atoms with Crippen molar-refractivity contribution in [2.75, 3.05) is 18.0 Å². The normalized spacial score (nSPS) is 15.0. The highest BCUT2D eigenvalue weighted by atomic mass is 32.1. The Balaban J connectivity index is 1.29. The maximum absolute atomic E-state index is 13.6. The number of aromatic nitrogens is 3. The minimum atomic E-state index is -0.353. The van der Waals surface area contributed by atoms with Crippen LogP contribution in [0.1, 0.15) is 93.3 Å². The van der Waals surface area contributed by atoms with Gasteiger partial charge in [0.25, 0.3) is 0 Å². The quantitative estimate of drug-likeness (QED) is 0.161. The zero-order valence-corrected chi connectivity index (χ0v) is 26.8. The molecule has 7 nitrogen and oxygen atoms in total. The Morgan fingerprint density at radius 2 is 1.84 bits per heavy atom. The number of anilines is 1. The molecule has 1 fully saturated rings. The lowest BCUT2D eigenvalue weighted by Crippen LogP contribution is -2.47. The summed E-state index contributed by atoms with van der Waals surface area (Å²) in [5, 5.41) is 5.39. The molecular weight excluding hydrogens is 554 g/mol. The first-order valence-electron chi connectivity index (χ1n) is 15.9. The molecule has 43 heavy (non-hydrogen) atoms. The van der Waals surface area contributed by atoms with Gasteiger partial charge in [0.05, 0.1) is 11.0 Å². The van der Waals surface area contributed by atoms with E-state index in [-0.39, 0.29) is 30.1 Å². The summed E-state index contributed by atoms with van der Waals surface area (Å²) in [5.41, 5.74) is 2.56. The lowest BCUT2D eigenvalue weighted by Gasteiger charge is -2.34. The van der Waals surface area contributed by atoms with Crippen molar-refractivity contribution in [3.05, 3.63) is 76.4 Å². The van der Waals surface area contributed by atoms with Gasteiger partial charge in [0.15, 0.2) is 5.78 Å². The number of amides is 1. The van der Waals surface area contributed by atoms with Gasteiger partial charge in [-0.3, -0.25) is 9.59 Å². The van der Waals surface area contributed by atoms with Gasteiger partial charge in [-0.25, -0.2) is 9.97 Å². The molecule has 1 aliphatic heterocycles. The fourth-order valence-electron chi connectivity index (χ4n) is 6.38. The van der Waals surface area contributed by atoms with Crippen molar-refractivity contribution in [1.82, 2.24) is 19.9 Å². The number of thiophene rings is 1. The van der Waals surface area contributed by atoms with E-state index < -0.39 is 0 Å². The molecule has 5 rings (SSSR count). The number of carbonyl (C=O) groups excluding carboxylic acids is 2. The first-order chi connectivity index (χ1) is 20.9. The fraction of sp³-hybridized carbons (Fsp3) is 0.486. The number of pyridine rings is 1. The third kappa shape index (κ3) is 7.53. The zero-order chi connectivity index (χ0) is 30.3. The second-order valence-electron chi connectivity index (χ2n) is 12.2. The number of benzene rings is 1. The number of ketones is 1. The minimum Gasteiger partial charge on any atom is -0.356 e. The van der Waals surface area contributed by atoms with Gasteiger partial charge in [0.1, 0.15) is 11.6 Å². The first-order valence-corrected chi connectivity index (χ1v) is 16.8. The number of rotatable bonds is 13. The van der Waals surface area contributed by atoms with Crippen LogP contribution in [-0.4, -0.2) is 45.4 Å². The monoisotopic (exact) mass is 599 g/mol. The maximum Gasteiger partial charge on any atom is 0.223 e. The number of nitrogens with one attached hydrogen (secondary N) is 1.